The third kappa shape index (κ3) is 7.43. The first-order valence-electron chi connectivity index (χ1n) is 13.5. The lowest BCUT2D eigenvalue weighted by Crippen LogP contribution is -2.52. The zero-order valence-electron chi connectivity index (χ0n) is 23.8. The number of amides is 2. The molecule has 0 aromatic heterocycles. The van der Waals surface area contributed by atoms with Gasteiger partial charge in [0.1, 0.15) is 12.6 Å². The van der Waals surface area contributed by atoms with E-state index in [1.807, 2.05) is 52.0 Å². The minimum Gasteiger partial charge on any atom is -0.354 e. The van der Waals surface area contributed by atoms with Crippen LogP contribution in [0.1, 0.15) is 48.9 Å². The Morgan fingerprint density at radius 3 is 2.08 bits per heavy atom. The van der Waals surface area contributed by atoms with Gasteiger partial charge in [-0.3, -0.25) is 13.9 Å². The minimum atomic E-state index is -4.16. The number of benzene rings is 3. The standard InChI is InChI=1S/C31H38ClN3O4S/c1-6-19-33-31(37)28(7-2)34(20-25-15-11-22(3)12-16-25)30(36)21-35(29-10-8-9-27(32)24(29)5)40(38,39)26-17-13-23(4)14-18-26/h8-18,28H,6-7,19-21H2,1-5H3,(H,33,37)/t28-/m1/s1. The Bertz CT molecular complexity index is 1420. The van der Waals surface area contributed by atoms with Crippen LogP contribution in [0.3, 0.4) is 0 Å². The van der Waals surface area contributed by atoms with E-state index in [-0.39, 0.29) is 17.3 Å². The molecule has 0 saturated carbocycles. The second-order valence-corrected chi connectivity index (χ2v) is 12.2. The number of carbonyl (C=O) groups is 2. The Balaban J connectivity index is 2.09. The SMILES string of the molecule is CCCNC(=O)[C@@H](CC)N(Cc1ccc(C)cc1)C(=O)CN(c1cccc(Cl)c1C)S(=O)(=O)c1ccc(C)cc1. The third-order valence-electron chi connectivity index (χ3n) is 6.80. The molecular weight excluding hydrogens is 546 g/mol. The molecule has 0 unspecified atom stereocenters. The van der Waals surface area contributed by atoms with Crippen molar-refractivity contribution >= 4 is 39.1 Å². The molecule has 7 nitrogen and oxygen atoms in total. The predicted octanol–water partition coefficient (Wildman–Crippen LogP) is 5.79. The molecule has 0 aliphatic carbocycles. The Kier molecular flexibility index (Phi) is 10.8. The summed E-state index contributed by atoms with van der Waals surface area (Å²) in [6.07, 6.45) is 1.12. The fourth-order valence-corrected chi connectivity index (χ4v) is 6.03. The first kappa shape index (κ1) is 31.2. The molecule has 1 atom stereocenters. The predicted molar refractivity (Wildman–Crippen MR) is 161 cm³/mol. The number of rotatable bonds is 12. The first-order chi connectivity index (χ1) is 19.0. The van der Waals surface area contributed by atoms with Crippen LogP contribution in [0.15, 0.2) is 71.6 Å². The molecule has 9 heteroatoms. The van der Waals surface area contributed by atoms with E-state index in [9.17, 15) is 18.0 Å². The Morgan fingerprint density at radius 2 is 1.50 bits per heavy atom. The summed E-state index contributed by atoms with van der Waals surface area (Å²) in [5.41, 5.74) is 3.66. The molecule has 0 spiro atoms. The van der Waals surface area contributed by atoms with Gasteiger partial charge in [0.05, 0.1) is 10.6 Å². The van der Waals surface area contributed by atoms with Gasteiger partial charge in [0.2, 0.25) is 11.8 Å². The normalized spacial score (nSPS) is 12.1. The van der Waals surface area contributed by atoms with Gasteiger partial charge in [-0.05, 0) is 69.0 Å². The van der Waals surface area contributed by atoms with Gasteiger partial charge >= 0.3 is 0 Å². The van der Waals surface area contributed by atoms with E-state index in [4.69, 9.17) is 11.6 Å². The average molecular weight is 584 g/mol. The number of halogens is 1. The molecule has 40 heavy (non-hydrogen) atoms. The molecule has 2 amide bonds. The van der Waals surface area contributed by atoms with Gasteiger partial charge in [0.15, 0.2) is 0 Å². The summed E-state index contributed by atoms with van der Waals surface area (Å²) < 4.78 is 29.1. The molecule has 0 saturated heterocycles. The van der Waals surface area contributed by atoms with Gasteiger partial charge in [-0.1, -0.05) is 79.0 Å². The van der Waals surface area contributed by atoms with Crippen LogP contribution in [-0.2, 0) is 26.2 Å². The molecule has 0 aliphatic heterocycles. The molecule has 214 valence electrons. The summed E-state index contributed by atoms with van der Waals surface area (Å²) in [6, 6.07) is 18.4. The van der Waals surface area contributed by atoms with E-state index in [0.29, 0.717) is 29.2 Å². The van der Waals surface area contributed by atoms with Crippen LogP contribution >= 0.6 is 11.6 Å². The molecule has 0 fully saturated rings. The van der Waals surface area contributed by atoms with E-state index < -0.39 is 28.5 Å². The number of aryl methyl sites for hydroxylation is 2. The van der Waals surface area contributed by atoms with E-state index in [2.05, 4.69) is 5.32 Å². The summed E-state index contributed by atoms with van der Waals surface area (Å²) in [4.78, 5) is 28.8. The number of hydrogen-bond donors (Lipinski definition) is 1. The minimum absolute atomic E-state index is 0.0584. The highest BCUT2D eigenvalue weighted by molar-refractivity contribution is 7.92. The zero-order chi connectivity index (χ0) is 29.4. The quantitative estimate of drug-likeness (QED) is 0.292. The highest BCUT2D eigenvalue weighted by Gasteiger charge is 2.34. The van der Waals surface area contributed by atoms with Crippen LogP contribution in [0.2, 0.25) is 5.02 Å². The van der Waals surface area contributed by atoms with Crippen molar-refractivity contribution in [3.63, 3.8) is 0 Å². The number of anilines is 1. The summed E-state index contributed by atoms with van der Waals surface area (Å²) >= 11 is 6.39. The van der Waals surface area contributed by atoms with Crippen LogP contribution in [0.5, 0.6) is 0 Å². The molecule has 0 aliphatic rings. The maximum Gasteiger partial charge on any atom is 0.264 e. The number of carbonyl (C=O) groups excluding carboxylic acids is 2. The Labute approximate surface area is 243 Å². The summed E-state index contributed by atoms with van der Waals surface area (Å²) in [7, 11) is -4.16. The van der Waals surface area contributed by atoms with Gasteiger partial charge in [-0.2, -0.15) is 0 Å². The number of nitrogens with one attached hydrogen (secondary N) is 1. The summed E-state index contributed by atoms with van der Waals surface area (Å²) in [5, 5.41) is 3.28. The monoisotopic (exact) mass is 583 g/mol. The maximum absolute atomic E-state index is 14.1. The van der Waals surface area contributed by atoms with Crippen LogP contribution in [0.4, 0.5) is 5.69 Å². The highest BCUT2D eigenvalue weighted by atomic mass is 35.5. The van der Waals surface area contributed by atoms with Gasteiger partial charge in [0, 0.05) is 18.1 Å². The molecule has 0 heterocycles. The lowest BCUT2D eigenvalue weighted by atomic mass is 10.1. The smallest absolute Gasteiger partial charge is 0.264 e. The van der Waals surface area contributed by atoms with Gasteiger partial charge < -0.3 is 10.2 Å². The summed E-state index contributed by atoms with van der Waals surface area (Å²) in [5.74, 6) is -0.758. The third-order valence-corrected chi connectivity index (χ3v) is 8.99. The lowest BCUT2D eigenvalue weighted by Gasteiger charge is -2.33. The largest absolute Gasteiger partial charge is 0.354 e. The van der Waals surface area contributed by atoms with E-state index >= 15 is 0 Å². The Morgan fingerprint density at radius 1 is 0.900 bits per heavy atom. The van der Waals surface area contributed by atoms with Crippen molar-refractivity contribution in [2.24, 2.45) is 0 Å². The highest BCUT2D eigenvalue weighted by Crippen LogP contribution is 2.31. The van der Waals surface area contributed by atoms with Crippen molar-refractivity contribution in [2.45, 2.75) is 64.9 Å². The van der Waals surface area contributed by atoms with Crippen molar-refractivity contribution < 1.29 is 18.0 Å². The zero-order valence-corrected chi connectivity index (χ0v) is 25.3. The summed E-state index contributed by atoms with van der Waals surface area (Å²) in [6.45, 7) is 9.50. The van der Waals surface area contributed by atoms with Crippen molar-refractivity contribution in [1.82, 2.24) is 10.2 Å². The fourth-order valence-electron chi connectivity index (χ4n) is 4.39. The van der Waals surface area contributed by atoms with Gasteiger partial charge in [-0.15, -0.1) is 0 Å². The Hall–Kier alpha value is -3.36. The van der Waals surface area contributed by atoms with Crippen molar-refractivity contribution in [3.05, 3.63) is 94.0 Å². The molecule has 3 aromatic rings. The second kappa shape index (κ2) is 13.8. The van der Waals surface area contributed by atoms with Crippen molar-refractivity contribution in [1.29, 1.82) is 0 Å². The first-order valence-corrected chi connectivity index (χ1v) is 15.3. The topological polar surface area (TPSA) is 86.8 Å². The number of sulfonamides is 1. The van der Waals surface area contributed by atoms with Crippen molar-refractivity contribution in [2.75, 3.05) is 17.4 Å². The average Bonchev–Trinajstić information content (AvgIpc) is 2.93. The second-order valence-electron chi connectivity index (χ2n) is 9.93. The lowest BCUT2D eigenvalue weighted by molar-refractivity contribution is -0.140. The number of nitrogens with zero attached hydrogens (tertiary/aromatic N) is 2. The van der Waals surface area contributed by atoms with Gasteiger partial charge in [0.25, 0.3) is 10.0 Å². The van der Waals surface area contributed by atoms with Crippen molar-refractivity contribution in [3.8, 4) is 0 Å². The fraction of sp³-hybridized carbons (Fsp3) is 0.355. The molecule has 3 aromatic carbocycles. The van der Waals surface area contributed by atoms with E-state index in [1.165, 1.54) is 17.0 Å². The van der Waals surface area contributed by atoms with E-state index in [0.717, 1.165) is 27.4 Å². The molecule has 0 bridgehead atoms. The van der Waals surface area contributed by atoms with Crippen LogP contribution in [-0.4, -0.2) is 44.3 Å². The van der Waals surface area contributed by atoms with E-state index in [1.54, 1.807) is 37.3 Å². The molecular formula is C31H38ClN3O4S. The maximum atomic E-state index is 14.1. The van der Waals surface area contributed by atoms with Crippen LogP contribution < -0.4 is 9.62 Å². The molecule has 0 radical (unpaired) electrons. The van der Waals surface area contributed by atoms with Crippen LogP contribution in [0, 0.1) is 20.8 Å². The molecule has 3 rings (SSSR count). The van der Waals surface area contributed by atoms with Crippen LogP contribution in [0.25, 0.3) is 0 Å². The molecule has 1 N–H and O–H groups in total. The number of hydrogen-bond acceptors (Lipinski definition) is 4. The van der Waals surface area contributed by atoms with Gasteiger partial charge in [-0.25, -0.2) is 8.42 Å².